The third kappa shape index (κ3) is 3.94. The van der Waals surface area contributed by atoms with Crippen molar-refractivity contribution < 1.29 is 5.11 Å². The van der Waals surface area contributed by atoms with Gasteiger partial charge in [0.1, 0.15) is 0 Å². The first-order valence-corrected chi connectivity index (χ1v) is 6.91. The number of hydrogen-bond acceptors (Lipinski definition) is 3. The molecule has 0 aromatic rings. The van der Waals surface area contributed by atoms with Crippen molar-refractivity contribution in [3.8, 4) is 0 Å². The van der Waals surface area contributed by atoms with E-state index in [1.807, 2.05) is 0 Å². The van der Waals surface area contributed by atoms with E-state index in [2.05, 4.69) is 32.7 Å². The molecule has 0 aliphatic heterocycles. The average molecular weight is 242 g/mol. The van der Waals surface area contributed by atoms with Gasteiger partial charge in [-0.1, -0.05) is 20.8 Å². The SMILES string of the molecule is CN(CCO)C1CC(C(C)(C)C)CCC1CN. The Morgan fingerprint density at radius 1 is 1.29 bits per heavy atom. The predicted molar refractivity (Wildman–Crippen MR) is 72.8 cm³/mol. The van der Waals surface area contributed by atoms with Crippen molar-refractivity contribution in [3.05, 3.63) is 0 Å². The molecular weight excluding hydrogens is 212 g/mol. The molecule has 0 aromatic heterocycles. The van der Waals surface area contributed by atoms with Crippen molar-refractivity contribution in [2.45, 2.75) is 46.1 Å². The zero-order valence-electron chi connectivity index (χ0n) is 11.9. The van der Waals surface area contributed by atoms with Crippen molar-refractivity contribution in [3.63, 3.8) is 0 Å². The van der Waals surface area contributed by atoms with Crippen LogP contribution in [0.1, 0.15) is 40.0 Å². The monoisotopic (exact) mass is 242 g/mol. The number of nitrogens with two attached hydrogens (primary N) is 1. The summed E-state index contributed by atoms with van der Waals surface area (Å²) in [5.41, 5.74) is 6.28. The Morgan fingerprint density at radius 2 is 1.94 bits per heavy atom. The van der Waals surface area contributed by atoms with Crippen LogP contribution in [0.15, 0.2) is 0 Å². The second-order valence-corrected chi connectivity index (χ2v) is 6.64. The van der Waals surface area contributed by atoms with Gasteiger partial charge in [-0.2, -0.15) is 0 Å². The molecule has 1 aliphatic rings. The zero-order chi connectivity index (χ0) is 13.1. The highest BCUT2D eigenvalue weighted by molar-refractivity contribution is 4.90. The van der Waals surface area contributed by atoms with E-state index in [0.717, 1.165) is 19.0 Å². The number of aliphatic hydroxyl groups is 1. The molecule has 0 aromatic carbocycles. The molecule has 3 nitrogen and oxygen atoms in total. The molecule has 17 heavy (non-hydrogen) atoms. The van der Waals surface area contributed by atoms with Gasteiger partial charge in [0, 0.05) is 12.6 Å². The largest absolute Gasteiger partial charge is 0.395 e. The predicted octanol–water partition coefficient (Wildman–Crippen LogP) is 1.70. The molecule has 1 aliphatic carbocycles. The maximum absolute atomic E-state index is 9.08. The van der Waals surface area contributed by atoms with E-state index in [0.29, 0.717) is 17.4 Å². The Kier molecular flexibility index (Phi) is 5.42. The molecule has 1 rings (SSSR count). The van der Waals surface area contributed by atoms with Crippen molar-refractivity contribution in [1.82, 2.24) is 4.90 Å². The fourth-order valence-corrected chi connectivity index (χ4v) is 3.13. The Labute approximate surface area is 106 Å². The van der Waals surface area contributed by atoms with E-state index in [1.54, 1.807) is 0 Å². The zero-order valence-corrected chi connectivity index (χ0v) is 11.9. The molecule has 0 spiro atoms. The first kappa shape index (κ1) is 14.9. The molecule has 0 radical (unpaired) electrons. The second-order valence-electron chi connectivity index (χ2n) is 6.64. The summed E-state index contributed by atoms with van der Waals surface area (Å²) < 4.78 is 0. The Morgan fingerprint density at radius 3 is 2.41 bits per heavy atom. The van der Waals surface area contributed by atoms with Gasteiger partial charge < -0.3 is 15.7 Å². The second kappa shape index (κ2) is 6.17. The summed E-state index contributed by atoms with van der Waals surface area (Å²) in [5.74, 6) is 1.38. The van der Waals surface area contributed by atoms with Gasteiger partial charge >= 0.3 is 0 Å². The van der Waals surface area contributed by atoms with E-state index >= 15 is 0 Å². The van der Waals surface area contributed by atoms with Gasteiger partial charge in [-0.3, -0.25) is 0 Å². The van der Waals surface area contributed by atoms with Gasteiger partial charge in [-0.05, 0) is 50.1 Å². The first-order valence-electron chi connectivity index (χ1n) is 6.91. The van der Waals surface area contributed by atoms with E-state index in [9.17, 15) is 0 Å². The molecule has 3 heteroatoms. The molecule has 3 unspecified atom stereocenters. The molecule has 3 N–H and O–H groups in total. The third-order valence-corrected chi connectivity index (χ3v) is 4.50. The lowest BCUT2D eigenvalue weighted by atomic mass is 9.67. The Hall–Kier alpha value is -0.120. The molecular formula is C14H30N2O. The molecule has 0 bridgehead atoms. The molecule has 3 atom stereocenters. The van der Waals surface area contributed by atoms with Gasteiger partial charge in [0.15, 0.2) is 0 Å². The summed E-state index contributed by atoms with van der Waals surface area (Å²) in [7, 11) is 2.12. The summed E-state index contributed by atoms with van der Waals surface area (Å²) >= 11 is 0. The minimum absolute atomic E-state index is 0.241. The minimum atomic E-state index is 0.241. The van der Waals surface area contributed by atoms with Gasteiger partial charge in [0.05, 0.1) is 6.61 Å². The summed E-state index contributed by atoms with van der Waals surface area (Å²) in [6.45, 7) is 8.79. The quantitative estimate of drug-likeness (QED) is 0.789. The third-order valence-electron chi connectivity index (χ3n) is 4.50. The van der Waals surface area contributed by atoms with Crippen LogP contribution in [0.4, 0.5) is 0 Å². The fourth-order valence-electron chi connectivity index (χ4n) is 3.13. The van der Waals surface area contributed by atoms with Gasteiger partial charge in [0.25, 0.3) is 0 Å². The lowest BCUT2D eigenvalue weighted by Gasteiger charge is -2.45. The highest BCUT2D eigenvalue weighted by Crippen LogP contribution is 2.41. The summed E-state index contributed by atoms with van der Waals surface area (Å²) in [6.07, 6.45) is 3.76. The van der Waals surface area contributed by atoms with Crippen LogP contribution in [-0.4, -0.2) is 42.8 Å². The van der Waals surface area contributed by atoms with Crippen LogP contribution in [0.5, 0.6) is 0 Å². The molecule has 0 heterocycles. The normalized spacial score (nSPS) is 30.9. The molecule has 0 saturated heterocycles. The van der Waals surface area contributed by atoms with Crippen LogP contribution in [-0.2, 0) is 0 Å². The smallest absolute Gasteiger partial charge is 0.0558 e. The number of aliphatic hydroxyl groups excluding tert-OH is 1. The van der Waals surface area contributed by atoms with Crippen LogP contribution >= 0.6 is 0 Å². The highest BCUT2D eigenvalue weighted by atomic mass is 16.3. The number of hydrogen-bond donors (Lipinski definition) is 2. The molecule has 1 fully saturated rings. The number of rotatable bonds is 4. The van der Waals surface area contributed by atoms with Crippen LogP contribution in [0.3, 0.4) is 0 Å². The summed E-state index contributed by atoms with van der Waals surface area (Å²) in [5, 5.41) is 9.08. The summed E-state index contributed by atoms with van der Waals surface area (Å²) in [4.78, 5) is 2.30. The first-order chi connectivity index (χ1) is 7.90. The van der Waals surface area contributed by atoms with Gasteiger partial charge in [-0.15, -0.1) is 0 Å². The number of likely N-dealkylation sites (N-methyl/N-ethyl adjacent to an activating group) is 1. The highest BCUT2D eigenvalue weighted by Gasteiger charge is 2.36. The van der Waals surface area contributed by atoms with Crippen LogP contribution in [0.2, 0.25) is 0 Å². The van der Waals surface area contributed by atoms with Gasteiger partial charge in [0.2, 0.25) is 0 Å². The van der Waals surface area contributed by atoms with E-state index in [1.165, 1.54) is 19.3 Å². The topological polar surface area (TPSA) is 49.5 Å². The maximum atomic E-state index is 9.08. The van der Waals surface area contributed by atoms with E-state index in [4.69, 9.17) is 10.8 Å². The minimum Gasteiger partial charge on any atom is -0.395 e. The number of nitrogens with zero attached hydrogens (tertiary/aromatic N) is 1. The van der Waals surface area contributed by atoms with E-state index in [-0.39, 0.29) is 6.61 Å². The van der Waals surface area contributed by atoms with Crippen molar-refractivity contribution >= 4 is 0 Å². The standard InChI is InChI=1S/C14H30N2O/c1-14(2,3)12-6-5-11(10-15)13(9-12)16(4)7-8-17/h11-13,17H,5-10,15H2,1-4H3. The fraction of sp³-hybridized carbons (Fsp3) is 1.00. The van der Waals surface area contributed by atoms with Crippen molar-refractivity contribution in [2.75, 3.05) is 26.7 Å². The van der Waals surface area contributed by atoms with Crippen LogP contribution < -0.4 is 5.73 Å². The van der Waals surface area contributed by atoms with Crippen molar-refractivity contribution in [2.24, 2.45) is 23.0 Å². The lowest BCUT2D eigenvalue weighted by molar-refractivity contribution is 0.0508. The Bertz CT molecular complexity index is 225. The maximum Gasteiger partial charge on any atom is 0.0558 e. The van der Waals surface area contributed by atoms with Gasteiger partial charge in [-0.25, -0.2) is 0 Å². The lowest BCUT2D eigenvalue weighted by Crippen LogP contribution is -2.47. The molecule has 1 saturated carbocycles. The van der Waals surface area contributed by atoms with Crippen molar-refractivity contribution in [1.29, 1.82) is 0 Å². The van der Waals surface area contributed by atoms with Crippen LogP contribution in [0, 0.1) is 17.3 Å². The molecule has 0 amide bonds. The average Bonchev–Trinajstić information content (AvgIpc) is 2.27. The molecule has 102 valence electrons. The summed E-state index contributed by atoms with van der Waals surface area (Å²) in [6, 6.07) is 0.546. The van der Waals surface area contributed by atoms with E-state index < -0.39 is 0 Å². The Balaban J connectivity index is 2.68. The van der Waals surface area contributed by atoms with Crippen LogP contribution in [0.25, 0.3) is 0 Å².